The molecule has 0 atom stereocenters. The van der Waals surface area contributed by atoms with Crippen LogP contribution in [0.1, 0.15) is 40.5 Å². The summed E-state index contributed by atoms with van der Waals surface area (Å²) in [6.07, 6.45) is 1.47. The van der Waals surface area contributed by atoms with Crippen molar-refractivity contribution in [3.8, 4) is 0 Å². The van der Waals surface area contributed by atoms with Gasteiger partial charge in [-0.05, 0) is 27.7 Å². The van der Waals surface area contributed by atoms with Crippen LogP contribution in [0.25, 0.3) is 0 Å². The quantitative estimate of drug-likeness (QED) is 0.676. The molecule has 1 N–H and O–H groups in total. The number of nitrogens with one attached hydrogen (secondary N) is 1. The van der Waals surface area contributed by atoms with E-state index in [4.69, 9.17) is 9.47 Å². The molecule has 0 aromatic carbocycles. The Morgan fingerprint density at radius 2 is 1.93 bits per heavy atom. The lowest BCUT2D eigenvalue weighted by molar-refractivity contribution is 0.0258. The van der Waals surface area contributed by atoms with Gasteiger partial charge in [0.2, 0.25) is 0 Å². The maximum absolute atomic E-state index is 11.5. The smallest absolute Gasteiger partial charge is 0.408 e. The first-order valence-corrected chi connectivity index (χ1v) is 5.37. The zero-order chi connectivity index (χ0) is 11.3. The zero-order valence-corrected chi connectivity index (χ0v) is 9.85. The number of epoxide rings is 1. The fraction of sp³-hybridized carbons (Fsp3) is 0.909. The second-order valence-corrected chi connectivity index (χ2v) is 6.01. The topological polar surface area (TPSA) is 50.9 Å². The zero-order valence-electron chi connectivity index (χ0n) is 9.85. The number of carbonyl (C=O) groups is 1. The molecule has 1 aliphatic heterocycles. The highest BCUT2D eigenvalue weighted by molar-refractivity contribution is 5.69. The molecule has 0 aromatic rings. The molecule has 4 heteroatoms. The molecule has 0 radical (unpaired) electrons. The maximum atomic E-state index is 11.5. The molecule has 0 unspecified atom stereocenters. The van der Waals surface area contributed by atoms with Gasteiger partial charge in [-0.3, -0.25) is 0 Å². The van der Waals surface area contributed by atoms with Crippen LogP contribution in [0.4, 0.5) is 4.79 Å². The van der Waals surface area contributed by atoms with Gasteiger partial charge in [0.05, 0.1) is 12.2 Å². The van der Waals surface area contributed by atoms with Gasteiger partial charge in [-0.15, -0.1) is 0 Å². The van der Waals surface area contributed by atoms with Gasteiger partial charge in [-0.1, -0.05) is 0 Å². The van der Waals surface area contributed by atoms with Gasteiger partial charge < -0.3 is 14.8 Å². The average molecular weight is 213 g/mol. The molecule has 0 aromatic heterocycles. The molecule has 86 valence electrons. The largest absolute Gasteiger partial charge is 0.444 e. The van der Waals surface area contributed by atoms with Crippen molar-refractivity contribution in [3.63, 3.8) is 0 Å². The lowest BCUT2D eigenvalue weighted by atomic mass is 9.69. The molecule has 1 heterocycles. The minimum absolute atomic E-state index is 0.101. The molecule has 15 heavy (non-hydrogen) atoms. The molecule has 1 amide bonds. The third kappa shape index (κ3) is 2.43. The van der Waals surface area contributed by atoms with Crippen molar-refractivity contribution in [3.05, 3.63) is 0 Å². The standard InChI is InChI=1S/C11H19NO3/c1-9(2,3)15-8(13)12-10(4)5-11(6-10)7-14-11/h5-7H2,1-4H3,(H,12,13). The fourth-order valence-corrected chi connectivity index (χ4v) is 2.31. The van der Waals surface area contributed by atoms with Gasteiger partial charge in [-0.2, -0.15) is 0 Å². The van der Waals surface area contributed by atoms with Crippen LogP contribution in [0.15, 0.2) is 0 Å². The van der Waals surface area contributed by atoms with Crippen LogP contribution < -0.4 is 5.32 Å². The molecule has 2 aliphatic rings. The van der Waals surface area contributed by atoms with Gasteiger partial charge >= 0.3 is 6.09 Å². The van der Waals surface area contributed by atoms with Gasteiger partial charge in [0, 0.05) is 18.4 Å². The van der Waals surface area contributed by atoms with E-state index in [1.165, 1.54) is 0 Å². The number of amides is 1. The Morgan fingerprint density at radius 3 is 2.33 bits per heavy atom. The molecule has 2 rings (SSSR count). The van der Waals surface area contributed by atoms with Crippen LogP contribution in [0.3, 0.4) is 0 Å². The SMILES string of the molecule is CC1(NC(=O)OC(C)(C)C)CC2(CO2)C1. The second-order valence-electron chi connectivity index (χ2n) is 6.01. The summed E-state index contributed by atoms with van der Waals surface area (Å²) in [7, 11) is 0. The number of rotatable bonds is 1. The third-order valence-corrected chi connectivity index (χ3v) is 2.78. The summed E-state index contributed by atoms with van der Waals surface area (Å²) < 4.78 is 10.5. The first-order chi connectivity index (χ1) is 6.72. The molecule has 1 aliphatic carbocycles. The Hall–Kier alpha value is -0.770. The highest BCUT2D eigenvalue weighted by Crippen LogP contribution is 2.52. The van der Waals surface area contributed by atoms with Gasteiger partial charge in [0.15, 0.2) is 0 Å². The monoisotopic (exact) mass is 213 g/mol. The summed E-state index contributed by atoms with van der Waals surface area (Å²) >= 11 is 0. The lowest BCUT2D eigenvalue weighted by Gasteiger charge is -2.44. The highest BCUT2D eigenvalue weighted by Gasteiger charge is 2.61. The lowest BCUT2D eigenvalue weighted by Crippen LogP contribution is -2.59. The molecule has 2 fully saturated rings. The van der Waals surface area contributed by atoms with Crippen LogP contribution in [0.5, 0.6) is 0 Å². The molecule has 0 bridgehead atoms. The first-order valence-electron chi connectivity index (χ1n) is 5.37. The molecule has 4 nitrogen and oxygen atoms in total. The summed E-state index contributed by atoms with van der Waals surface area (Å²) in [4.78, 5) is 11.5. The van der Waals surface area contributed by atoms with E-state index in [1.807, 2.05) is 27.7 Å². The van der Waals surface area contributed by atoms with Crippen LogP contribution in [-0.2, 0) is 9.47 Å². The summed E-state index contributed by atoms with van der Waals surface area (Å²) in [6, 6.07) is 0. The van der Waals surface area contributed by atoms with Crippen LogP contribution in [0, 0.1) is 0 Å². The van der Waals surface area contributed by atoms with E-state index in [-0.39, 0.29) is 17.2 Å². The van der Waals surface area contributed by atoms with E-state index in [0.717, 1.165) is 19.4 Å². The van der Waals surface area contributed by atoms with Crippen molar-refractivity contribution < 1.29 is 14.3 Å². The predicted molar refractivity (Wildman–Crippen MR) is 55.7 cm³/mol. The molecule has 1 saturated carbocycles. The summed E-state index contributed by atoms with van der Waals surface area (Å²) in [5.74, 6) is 0. The normalized spacial score (nSPS) is 38.4. The van der Waals surface area contributed by atoms with E-state index in [0.29, 0.717) is 0 Å². The number of hydrogen-bond donors (Lipinski definition) is 1. The Balaban J connectivity index is 1.79. The third-order valence-electron chi connectivity index (χ3n) is 2.78. The van der Waals surface area contributed by atoms with E-state index in [1.54, 1.807) is 0 Å². The summed E-state index contributed by atoms with van der Waals surface area (Å²) in [5, 5.41) is 2.90. The second kappa shape index (κ2) is 2.88. The van der Waals surface area contributed by atoms with Crippen LogP contribution in [-0.4, -0.2) is 29.4 Å². The van der Waals surface area contributed by atoms with Crippen molar-refractivity contribution in [1.82, 2.24) is 5.32 Å². The molecule has 1 spiro atoms. The summed E-state index contributed by atoms with van der Waals surface area (Å²) in [6.45, 7) is 8.46. The Kier molecular flexibility index (Phi) is 2.06. The van der Waals surface area contributed by atoms with Crippen LogP contribution in [0.2, 0.25) is 0 Å². The van der Waals surface area contributed by atoms with E-state index in [2.05, 4.69) is 5.32 Å². The van der Waals surface area contributed by atoms with Crippen molar-refractivity contribution in [2.45, 2.75) is 57.3 Å². The van der Waals surface area contributed by atoms with E-state index >= 15 is 0 Å². The number of alkyl carbamates (subject to hydrolysis) is 1. The Labute approximate surface area is 90.3 Å². The van der Waals surface area contributed by atoms with E-state index < -0.39 is 5.60 Å². The van der Waals surface area contributed by atoms with Crippen molar-refractivity contribution in [2.75, 3.05) is 6.61 Å². The van der Waals surface area contributed by atoms with Gasteiger partial charge in [0.25, 0.3) is 0 Å². The van der Waals surface area contributed by atoms with Crippen molar-refractivity contribution in [2.24, 2.45) is 0 Å². The maximum Gasteiger partial charge on any atom is 0.408 e. The minimum atomic E-state index is -0.433. The van der Waals surface area contributed by atoms with E-state index in [9.17, 15) is 4.79 Å². The Morgan fingerprint density at radius 1 is 1.40 bits per heavy atom. The van der Waals surface area contributed by atoms with Gasteiger partial charge in [-0.25, -0.2) is 4.79 Å². The Bertz CT molecular complexity index is 281. The fourth-order valence-electron chi connectivity index (χ4n) is 2.31. The number of carbonyl (C=O) groups excluding carboxylic acids is 1. The van der Waals surface area contributed by atoms with Crippen molar-refractivity contribution >= 4 is 6.09 Å². The molecule has 1 saturated heterocycles. The van der Waals surface area contributed by atoms with Gasteiger partial charge in [0.1, 0.15) is 5.60 Å². The molecular formula is C11H19NO3. The first kappa shape index (κ1) is 10.7. The highest BCUT2D eigenvalue weighted by atomic mass is 16.6. The molecular weight excluding hydrogens is 194 g/mol. The summed E-state index contributed by atoms with van der Waals surface area (Å²) in [5.41, 5.74) is -0.472. The van der Waals surface area contributed by atoms with Crippen molar-refractivity contribution in [1.29, 1.82) is 0 Å². The number of ether oxygens (including phenoxy) is 2. The average Bonchev–Trinajstić information content (AvgIpc) is 2.59. The minimum Gasteiger partial charge on any atom is -0.444 e. The van der Waals surface area contributed by atoms with Crippen LogP contribution >= 0.6 is 0 Å². The predicted octanol–water partition coefficient (Wildman–Crippen LogP) is 1.83. The number of hydrogen-bond acceptors (Lipinski definition) is 3.